The molecule has 0 atom stereocenters. The molecule has 0 spiro atoms. The molecule has 0 fully saturated rings. The van der Waals surface area contributed by atoms with E-state index in [1.54, 1.807) is 0 Å². The average molecular weight is 599 g/mol. The highest BCUT2D eigenvalue weighted by Gasteiger charge is 2.05. The molecule has 43 heavy (non-hydrogen) atoms. The van der Waals surface area contributed by atoms with E-state index in [9.17, 15) is 0 Å². The van der Waals surface area contributed by atoms with Gasteiger partial charge in [-0.05, 0) is 48.9 Å². The zero-order valence-electron chi connectivity index (χ0n) is 27.6. The molecule has 0 bridgehead atoms. The van der Waals surface area contributed by atoms with Crippen molar-refractivity contribution < 1.29 is 23.7 Å². The molecule has 0 amide bonds. The summed E-state index contributed by atoms with van der Waals surface area (Å²) in [5.41, 5.74) is 2.61. The number of aryl methyl sites for hydroxylation is 2. The summed E-state index contributed by atoms with van der Waals surface area (Å²) in [5, 5.41) is 0. The van der Waals surface area contributed by atoms with E-state index in [4.69, 9.17) is 23.7 Å². The predicted molar refractivity (Wildman–Crippen MR) is 180 cm³/mol. The van der Waals surface area contributed by atoms with Crippen LogP contribution in [0.15, 0.2) is 48.5 Å². The van der Waals surface area contributed by atoms with Crippen LogP contribution in [0.5, 0.6) is 11.5 Å². The van der Waals surface area contributed by atoms with E-state index in [2.05, 4.69) is 50.2 Å². The summed E-state index contributed by atoms with van der Waals surface area (Å²) in [6, 6.07) is 16.8. The van der Waals surface area contributed by atoms with Crippen molar-refractivity contribution in [2.75, 3.05) is 52.9 Å². The van der Waals surface area contributed by atoms with Crippen molar-refractivity contribution in [1.82, 2.24) is 0 Å². The molecule has 0 aliphatic rings. The van der Waals surface area contributed by atoms with E-state index in [-0.39, 0.29) is 0 Å². The second kappa shape index (κ2) is 27.5. The Balaban J connectivity index is 1.41. The van der Waals surface area contributed by atoms with Crippen molar-refractivity contribution in [3.05, 3.63) is 59.7 Å². The first-order valence-corrected chi connectivity index (χ1v) is 17.5. The fourth-order valence-corrected chi connectivity index (χ4v) is 5.21. The number of para-hydroxylation sites is 2. The number of rotatable bonds is 30. The molecule has 2 aromatic rings. The quantitative estimate of drug-likeness (QED) is 0.0838. The second-order valence-electron chi connectivity index (χ2n) is 11.5. The molecule has 2 aromatic carbocycles. The molecule has 0 heterocycles. The van der Waals surface area contributed by atoms with Gasteiger partial charge in [0.25, 0.3) is 0 Å². The van der Waals surface area contributed by atoms with Gasteiger partial charge in [0.2, 0.25) is 0 Å². The highest BCUT2D eigenvalue weighted by molar-refractivity contribution is 5.34. The number of unbranched alkanes of at least 4 members (excludes halogenated alkanes) is 12. The van der Waals surface area contributed by atoms with E-state index >= 15 is 0 Å². The van der Waals surface area contributed by atoms with Gasteiger partial charge in [-0.3, -0.25) is 0 Å². The van der Waals surface area contributed by atoms with Crippen molar-refractivity contribution in [3.8, 4) is 11.5 Å². The lowest BCUT2D eigenvalue weighted by Crippen LogP contribution is -2.14. The fourth-order valence-electron chi connectivity index (χ4n) is 5.21. The molecule has 0 aromatic heterocycles. The Bertz CT molecular complexity index is 815. The summed E-state index contributed by atoms with van der Waals surface area (Å²) >= 11 is 0. The van der Waals surface area contributed by atoms with E-state index in [0.717, 1.165) is 24.3 Å². The topological polar surface area (TPSA) is 46.2 Å². The van der Waals surface area contributed by atoms with E-state index < -0.39 is 0 Å². The average Bonchev–Trinajstić information content (AvgIpc) is 3.03. The molecule has 5 heteroatoms. The van der Waals surface area contributed by atoms with Gasteiger partial charge in [0.15, 0.2) is 0 Å². The summed E-state index contributed by atoms with van der Waals surface area (Å²) in [7, 11) is 0. The Morgan fingerprint density at radius 3 is 1.09 bits per heavy atom. The van der Waals surface area contributed by atoms with Crippen molar-refractivity contribution in [2.24, 2.45) is 0 Å². The van der Waals surface area contributed by atoms with Crippen LogP contribution in [-0.4, -0.2) is 52.9 Å². The van der Waals surface area contributed by atoms with E-state index in [1.165, 1.54) is 101 Å². The lowest BCUT2D eigenvalue weighted by Gasteiger charge is -2.12. The summed E-state index contributed by atoms with van der Waals surface area (Å²) < 4.78 is 29.0. The van der Waals surface area contributed by atoms with Gasteiger partial charge in [-0.2, -0.15) is 0 Å². The molecule has 0 saturated carbocycles. The van der Waals surface area contributed by atoms with Gasteiger partial charge in [0.1, 0.15) is 24.7 Å². The van der Waals surface area contributed by atoms with Crippen LogP contribution < -0.4 is 9.47 Å². The number of hydrogen-bond donors (Lipinski definition) is 0. The summed E-state index contributed by atoms with van der Waals surface area (Å²) in [4.78, 5) is 0. The van der Waals surface area contributed by atoms with Gasteiger partial charge in [-0.15, -0.1) is 0 Å². The second-order valence-corrected chi connectivity index (χ2v) is 11.5. The van der Waals surface area contributed by atoms with Gasteiger partial charge >= 0.3 is 0 Å². The van der Waals surface area contributed by atoms with Crippen LogP contribution in [0.3, 0.4) is 0 Å². The van der Waals surface area contributed by atoms with Crippen LogP contribution in [0.4, 0.5) is 0 Å². The maximum atomic E-state index is 6.01. The minimum absolute atomic E-state index is 0.555. The Hall–Kier alpha value is -2.08. The normalized spacial score (nSPS) is 11.2. The molecule has 2 rings (SSSR count). The van der Waals surface area contributed by atoms with Gasteiger partial charge in [0.05, 0.1) is 39.6 Å². The number of benzene rings is 2. The third-order valence-corrected chi connectivity index (χ3v) is 7.76. The summed E-state index contributed by atoms with van der Waals surface area (Å²) in [5.74, 6) is 1.98. The Labute approximate surface area is 264 Å². The Kier molecular flexibility index (Phi) is 23.7. The molecule has 0 aliphatic heterocycles. The minimum atomic E-state index is 0.555. The molecule has 0 saturated heterocycles. The molecule has 0 unspecified atom stereocenters. The highest BCUT2D eigenvalue weighted by atomic mass is 16.6. The first-order chi connectivity index (χ1) is 21.3. The highest BCUT2D eigenvalue weighted by Crippen LogP contribution is 2.22. The maximum Gasteiger partial charge on any atom is 0.122 e. The zero-order chi connectivity index (χ0) is 30.5. The molecule has 5 nitrogen and oxygen atoms in total. The molecular formula is C38H62O5. The summed E-state index contributed by atoms with van der Waals surface area (Å²) in [6.07, 6.45) is 20.7. The standard InChI is InChI=1S/C38H62O5/c1-3-5-7-9-11-13-15-21-35-23-17-19-25-37(35)42-33-31-40-29-27-39-28-30-41-32-34-43-38-26-20-18-24-36(38)22-16-14-12-10-8-6-4-2/h17-20,23-26H,3-16,21-22,27-34H2,1-2H3. The smallest absolute Gasteiger partial charge is 0.122 e. The van der Waals surface area contributed by atoms with Gasteiger partial charge in [-0.1, -0.05) is 127 Å². The van der Waals surface area contributed by atoms with Gasteiger partial charge < -0.3 is 23.7 Å². The Morgan fingerprint density at radius 2 is 0.698 bits per heavy atom. The van der Waals surface area contributed by atoms with E-state index in [1.807, 2.05) is 12.1 Å². The van der Waals surface area contributed by atoms with Crippen LogP contribution >= 0.6 is 0 Å². The first-order valence-electron chi connectivity index (χ1n) is 17.5. The third kappa shape index (κ3) is 19.7. The zero-order valence-corrected chi connectivity index (χ0v) is 27.6. The third-order valence-electron chi connectivity index (χ3n) is 7.76. The lowest BCUT2D eigenvalue weighted by atomic mass is 10.0. The van der Waals surface area contributed by atoms with Crippen molar-refractivity contribution in [2.45, 2.75) is 117 Å². The Morgan fingerprint density at radius 1 is 0.372 bits per heavy atom. The molecule has 0 aliphatic carbocycles. The van der Waals surface area contributed by atoms with Crippen molar-refractivity contribution in [1.29, 1.82) is 0 Å². The van der Waals surface area contributed by atoms with Crippen LogP contribution in [0.2, 0.25) is 0 Å². The van der Waals surface area contributed by atoms with Crippen LogP contribution in [0, 0.1) is 0 Å². The van der Waals surface area contributed by atoms with Crippen molar-refractivity contribution >= 4 is 0 Å². The molecule has 0 radical (unpaired) electrons. The van der Waals surface area contributed by atoms with Crippen LogP contribution in [0.1, 0.15) is 115 Å². The van der Waals surface area contributed by atoms with Crippen molar-refractivity contribution in [3.63, 3.8) is 0 Å². The molecule has 0 N–H and O–H groups in total. The lowest BCUT2D eigenvalue weighted by molar-refractivity contribution is 0.00491. The number of ether oxygens (including phenoxy) is 5. The monoisotopic (exact) mass is 598 g/mol. The van der Waals surface area contributed by atoms with Gasteiger partial charge in [-0.25, -0.2) is 0 Å². The fraction of sp³-hybridized carbons (Fsp3) is 0.684. The number of hydrogen-bond acceptors (Lipinski definition) is 5. The largest absolute Gasteiger partial charge is 0.491 e. The SMILES string of the molecule is CCCCCCCCCc1ccccc1OCCOCCOCCOCCOc1ccccc1CCCCCCCCC. The van der Waals surface area contributed by atoms with E-state index in [0.29, 0.717) is 52.9 Å². The van der Waals surface area contributed by atoms with Gasteiger partial charge in [0, 0.05) is 0 Å². The minimum Gasteiger partial charge on any atom is -0.491 e. The first kappa shape index (κ1) is 37.1. The predicted octanol–water partition coefficient (Wildman–Crippen LogP) is 9.78. The summed E-state index contributed by atoms with van der Waals surface area (Å²) in [6.45, 7) is 8.99. The molecule has 244 valence electrons. The molecular weight excluding hydrogens is 536 g/mol. The van der Waals surface area contributed by atoms with Crippen LogP contribution in [0.25, 0.3) is 0 Å². The van der Waals surface area contributed by atoms with Crippen LogP contribution in [-0.2, 0) is 27.1 Å². The maximum absolute atomic E-state index is 6.01.